The van der Waals surface area contributed by atoms with Gasteiger partial charge in [-0.1, -0.05) is 19.1 Å². The molecule has 0 heteroatoms. The maximum absolute atomic E-state index is 2.38. The van der Waals surface area contributed by atoms with Crippen LogP contribution in [0.2, 0.25) is 0 Å². The Morgan fingerprint density at radius 2 is 2.12 bits per heavy atom. The van der Waals surface area contributed by atoms with Gasteiger partial charge in [0, 0.05) is 0 Å². The van der Waals surface area contributed by atoms with E-state index in [1.807, 2.05) is 0 Å². The van der Waals surface area contributed by atoms with Crippen molar-refractivity contribution in [2.75, 3.05) is 0 Å². The predicted octanol–water partition coefficient (Wildman–Crippen LogP) is 2.22. The largest absolute Gasteiger partial charge is 0.0845 e. The van der Waals surface area contributed by atoms with E-state index in [0.717, 1.165) is 17.8 Å². The van der Waals surface area contributed by atoms with Gasteiger partial charge in [0.1, 0.15) is 0 Å². The van der Waals surface area contributed by atoms with Crippen LogP contribution < -0.4 is 0 Å². The molecule has 2 aliphatic carbocycles. The highest BCUT2D eigenvalue weighted by atomic mass is 14.4. The Morgan fingerprint density at radius 1 is 1.25 bits per heavy atom. The summed E-state index contributed by atoms with van der Waals surface area (Å²) in [7, 11) is 0. The molecule has 0 aromatic carbocycles. The van der Waals surface area contributed by atoms with Crippen molar-refractivity contribution in [3.8, 4) is 0 Å². The molecule has 8 heavy (non-hydrogen) atoms. The SMILES string of the molecule is C[C@H]1CCC2C=CC21. The van der Waals surface area contributed by atoms with E-state index in [1.54, 1.807) is 0 Å². The molecule has 0 aliphatic heterocycles. The highest BCUT2D eigenvalue weighted by molar-refractivity contribution is 5.13. The third-order valence-corrected chi connectivity index (χ3v) is 2.69. The second kappa shape index (κ2) is 1.37. The molecule has 0 N–H and O–H groups in total. The average molecular weight is 108 g/mol. The van der Waals surface area contributed by atoms with E-state index in [9.17, 15) is 0 Å². The molecule has 2 rings (SSSR count). The van der Waals surface area contributed by atoms with E-state index in [4.69, 9.17) is 0 Å². The lowest BCUT2D eigenvalue weighted by atomic mass is 9.81. The Labute approximate surface area is 50.6 Å². The molecule has 0 bridgehead atoms. The van der Waals surface area contributed by atoms with Crippen LogP contribution in [0.1, 0.15) is 19.8 Å². The lowest BCUT2D eigenvalue weighted by Gasteiger charge is -2.23. The molecule has 0 spiro atoms. The summed E-state index contributed by atoms with van der Waals surface area (Å²) in [4.78, 5) is 0. The van der Waals surface area contributed by atoms with Crippen LogP contribution in [-0.2, 0) is 0 Å². The minimum absolute atomic E-state index is 0.981. The van der Waals surface area contributed by atoms with Crippen molar-refractivity contribution >= 4 is 0 Å². The van der Waals surface area contributed by atoms with E-state index in [-0.39, 0.29) is 0 Å². The van der Waals surface area contributed by atoms with Crippen LogP contribution in [-0.4, -0.2) is 0 Å². The molecule has 0 nitrogen and oxygen atoms in total. The van der Waals surface area contributed by atoms with Crippen LogP contribution in [0.15, 0.2) is 12.2 Å². The third-order valence-electron chi connectivity index (χ3n) is 2.69. The van der Waals surface area contributed by atoms with Gasteiger partial charge < -0.3 is 0 Å². The van der Waals surface area contributed by atoms with E-state index in [1.165, 1.54) is 12.8 Å². The molecular weight excluding hydrogens is 96.1 g/mol. The van der Waals surface area contributed by atoms with Crippen molar-refractivity contribution in [2.45, 2.75) is 19.8 Å². The molecular formula is C8H12. The maximum atomic E-state index is 2.38. The van der Waals surface area contributed by atoms with Crippen molar-refractivity contribution in [2.24, 2.45) is 17.8 Å². The van der Waals surface area contributed by atoms with Crippen LogP contribution in [0.25, 0.3) is 0 Å². The minimum atomic E-state index is 0.981. The fourth-order valence-corrected chi connectivity index (χ4v) is 1.94. The lowest BCUT2D eigenvalue weighted by Crippen LogP contribution is -2.15. The molecule has 0 saturated heterocycles. The summed E-state index contributed by atoms with van der Waals surface area (Å²) in [6, 6.07) is 0. The normalized spacial score (nSPS) is 50.9. The summed E-state index contributed by atoms with van der Waals surface area (Å²) in [6.07, 6.45) is 7.67. The minimum Gasteiger partial charge on any atom is -0.0845 e. The van der Waals surface area contributed by atoms with E-state index < -0.39 is 0 Å². The molecule has 0 amide bonds. The topological polar surface area (TPSA) is 0 Å². The van der Waals surface area contributed by atoms with E-state index >= 15 is 0 Å². The van der Waals surface area contributed by atoms with Gasteiger partial charge in [-0.2, -0.15) is 0 Å². The molecule has 0 aromatic heterocycles. The molecule has 1 fully saturated rings. The van der Waals surface area contributed by atoms with E-state index in [0.29, 0.717) is 0 Å². The summed E-state index contributed by atoms with van der Waals surface area (Å²) < 4.78 is 0. The van der Waals surface area contributed by atoms with Crippen molar-refractivity contribution in [3.05, 3.63) is 12.2 Å². The monoisotopic (exact) mass is 108 g/mol. The van der Waals surface area contributed by atoms with Crippen molar-refractivity contribution in [1.82, 2.24) is 0 Å². The number of hydrogen-bond donors (Lipinski definition) is 0. The summed E-state index contributed by atoms with van der Waals surface area (Å²) >= 11 is 0. The van der Waals surface area contributed by atoms with E-state index in [2.05, 4.69) is 19.1 Å². The average Bonchev–Trinajstić information content (AvgIpc) is 1.80. The van der Waals surface area contributed by atoms with Gasteiger partial charge >= 0.3 is 0 Å². The highest BCUT2D eigenvalue weighted by Gasteiger charge is 2.34. The zero-order valence-corrected chi connectivity index (χ0v) is 5.30. The highest BCUT2D eigenvalue weighted by Crippen LogP contribution is 2.44. The summed E-state index contributed by atoms with van der Waals surface area (Å²) in [5, 5.41) is 0. The van der Waals surface area contributed by atoms with Crippen molar-refractivity contribution < 1.29 is 0 Å². The number of fused-ring (bicyclic) bond motifs is 1. The standard InChI is InChI=1S/C8H12/c1-6-2-3-7-4-5-8(6)7/h4-8H,2-3H2,1H3/t6-,7?,8?/m0/s1. The summed E-state index contributed by atoms with van der Waals surface area (Å²) in [6.45, 7) is 2.37. The number of rotatable bonds is 0. The van der Waals surface area contributed by atoms with Crippen molar-refractivity contribution in [3.63, 3.8) is 0 Å². The fourth-order valence-electron chi connectivity index (χ4n) is 1.94. The van der Waals surface area contributed by atoms with Crippen LogP contribution >= 0.6 is 0 Å². The van der Waals surface area contributed by atoms with Gasteiger partial charge in [0.15, 0.2) is 0 Å². The first-order chi connectivity index (χ1) is 3.88. The second-order valence-corrected chi connectivity index (χ2v) is 3.18. The quantitative estimate of drug-likeness (QED) is 0.417. The Morgan fingerprint density at radius 3 is 2.38 bits per heavy atom. The zero-order chi connectivity index (χ0) is 5.56. The number of hydrogen-bond acceptors (Lipinski definition) is 0. The predicted molar refractivity (Wildman–Crippen MR) is 34.5 cm³/mol. The molecule has 0 heterocycles. The zero-order valence-electron chi connectivity index (χ0n) is 5.30. The van der Waals surface area contributed by atoms with Gasteiger partial charge in [-0.15, -0.1) is 0 Å². The van der Waals surface area contributed by atoms with Crippen LogP contribution in [0, 0.1) is 17.8 Å². The number of allylic oxidation sites excluding steroid dienone is 2. The first-order valence-electron chi connectivity index (χ1n) is 3.56. The Bertz CT molecular complexity index is 124. The Hall–Kier alpha value is -0.260. The fraction of sp³-hybridized carbons (Fsp3) is 0.750. The van der Waals surface area contributed by atoms with Gasteiger partial charge in [-0.3, -0.25) is 0 Å². The first kappa shape index (κ1) is 4.60. The molecule has 2 unspecified atom stereocenters. The molecule has 1 saturated carbocycles. The Balaban J connectivity index is 2.16. The summed E-state index contributed by atoms with van der Waals surface area (Å²) in [5.41, 5.74) is 0. The smallest absolute Gasteiger partial charge is 0.0145 e. The molecule has 3 atom stereocenters. The maximum Gasteiger partial charge on any atom is -0.0145 e. The first-order valence-corrected chi connectivity index (χ1v) is 3.56. The summed E-state index contributed by atoms with van der Waals surface area (Å²) in [5.74, 6) is 2.96. The van der Waals surface area contributed by atoms with Gasteiger partial charge in [0.2, 0.25) is 0 Å². The molecule has 44 valence electrons. The second-order valence-electron chi connectivity index (χ2n) is 3.18. The van der Waals surface area contributed by atoms with Crippen molar-refractivity contribution in [1.29, 1.82) is 0 Å². The third kappa shape index (κ3) is 0.410. The van der Waals surface area contributed by atoms with Gasteiger partial charge in [0.25, 0.3) is 0 Å². The molecule has 2 aliphatic rings. The molecule has 0 radical (unpaired) electrons. The van der Waals surface area contributed by atoms with Crippen LogP contribution in [0.3, 0.4) is 0 Å². The lowest BCUT2D eigenvalue weighted by molar-refractivity contribution is 0.415. The van der Waals surface area contributed by atoms with Crippen LogP contribution in [0.4, 0.5) is 0 Å². The van der Waals surface area contributed by atoms with Gasteiger partial charge in [0.05, 0.1) is 0 Å². The molecule has 0 aromatic rings. The van der Waals surface area contributed by atoms with Crippen LogP contribution in [0.5, 0.6) is 0 Å². The van der Waals surface area contributed by atoms with Gasteiger partial charge in [-0.25, -0.2) is 0 Å². The van der Waals surface area contributed by atoms with Gasteiger partial charge in [-0.05, 0) is 30.6 Å². The Kier molecular flexibility index (Phi) is 0.787.